The van der Waals surface area contributed by atoms with Gasteiger partial charge in [-0.1, -0.05) is 31.5 Å². The summed E-state index contributed by atoms with van der Waals surface area (Å²) in [5.74, 6) is 0.300. The molecular formula is C21H26FN3O3S. The van der Waals surface area contributed by atoms with Gasteiger partial charge in [0, 0.05) is 17.9 Å². The van der Waals surface area contributed by atoms with Crippen molar-refractivity contribution in [3.63, 3.8) is 0 Å². The van der Waals surface area contributed by atoms with E-state index in [0.717, 1.165) is 24.2 Å². The summed E-state index contributed by atoms with van der Waals surface area (Å²) in [6.07, 6.45) is 4.13. The molecular weight excluding hydrogens is 393 g/mol. The van der Waals surface area contributed by atoms with Crippen molar-refractivity contribution in [3.8, 4) is 0 Å². The molecule has 2 heterocycles. The van der Waals surface area contributed by atoms with E-state index in [2.05, 4.69) is 12.2 Å². The number of nitrogens with zero attached hydrogens (tertiary/aromatic N) is 2. The molecule has 2 saturated heterocycles. The van der Waals surface area contributed by atoms with E-state index < -0.39 is 16.9 Å². The van der Waals surface area contributed by atoms with Crippen LogP contribution in [0.5, 0.6) is 0 Å². The van der Waals surface area contributed by atoms with Crippen molar-refractivity contribution in [2.45, 2.75) is 49.9 Å². The molecule has 1 aromatic rings. The van der Waals surface area contributed by atoms with Gasteiger partial charge in [0.2, 0.25) is 5.91 Å². The maximum absolute atomic E-state index is 14.2. The molecule has 1 unspecified atom stereocenters. The first-order chi connectivity index (χ1) is 13.9. The third-order valence-electron chi connectivity index (χ3n) is 6.46. The van der Waals surface area contributed by atoms with Crippen LogP contribution in [0.25, 0.3) is 0 Å². The van der Waals surface area contributed by atoms with E-state index in [1.54, 1.807) is 23.1 Å². The van der Waals surface area contributed by atoms with Crippen LogP contribution in [0.4, 0.5) is 9.18 Å². The molecule has 2 aliphatic heterocycles. The molecule has 0 radical (unpaired) electrons. The number of nitrogens with one attached hydrogen (secondary N) is 1. The van der Waals surface area contributed by atoms with Crippen LogP contribution in [0.15, 0.2) is 24.3 Å². The largest absolute Gasteiger partial charge is 0.325 e. The van der Waals surface area contributed by atoms with E-state index in [0.29, 0.717) is 36.6 Å². The average molecular weight is 420 g/mol. The number of carbonyl (C=O) groups is 3. The fourth-order valence-corrected chi connectivity index (χ4v) is 5.92. The van der Waals surface area contributed by atoms with Gasteiger partial charge in [-0.25, -0.2) is 9.18 Å². The molecule has 4 amide bonds. The molecule has 1 atom stereocenters. The van der Waals surface area contributed by atoms with Crippen molar-refractivity contribution in [1.29, 1.82) is 0 Å². The van der Waals surface area contributed by atoms with Gasteiger partial charge in [0.05, 0.1) is 0 Å². The normalized spacial score (nSPS) is 29.6. The van der Waals surface area contributed by atoms with Crippen LogP contribution in [0.1, 0.15) is 50.0 Å². The lowest BCUT2D eigenvalue weighted by Gasteiger charge is -2.34. The van der Waals surface area contributed by atoms with Gasteiger partial charge in [-0.05, 0) is 37.7 Å². The minimum Gasteiger partial charge on any atom is -0.324 e. The van der Waals surface area contributed by atoms with Gasteiger partial charge in [-0.2, -0.15) is 0 Å². The molecule has 1 saturated carbocycles. The number of rotatable bonds is 4. The second-order valence-corrected chi connectivity index (χ2v) is 9.28. The first kappa shape index (κ1) is 20.2. The predicted molar refractivity (Wildman–Crippen MR) is 109 cm³/mol. The van der Waals surface area contributed by atoms with Crippen LogP contribution in [-0.2, 0) is 9.59 Å². The molecule has 6 nitrogen and oxygen atoms in total. The van der Waals surface area contributed by atoms with E-state index in [-0.39, 0.29) is 24.2 Å². The second-order valence-electron chi connectivity index (χ2n) is 8.09. The highest BCUT2D eigenvalue weighted by Crippen LogP contribution is 2.40. The van der Waals surface area contributed by atoms with Crippen LogP contribution in [-0.4, -0.2) is 52.0 Å². The summed E-state index contributed by atoms with van der Waals surface area (Å²) < 4.78 is 14.2. The number of hydrogen-bond acceptors (Lipinski definition) is 4. The maximum Gasteiger partial charge on any atom is 0.325 e. The van der Waals surface area contributed by atoms with Crippen molar-refractivity contribution in [2.75, 3.05) is 18.8 Å². The lowest BCUT2D eigenvalue weighted by atomic mass is 9.75. The molecule has 1 aliphatic carbocycles. The molecule has 3 aliphatic rings. The van der Waals surface area contributed by atoms with Gasteiger partial charge >= 0.3 is 6.03 Å². The molecule has 0 aromatic heterocycles. The third-order valence-corrected chi connectivity index (χ3v) is 7.70. The molecule has 156 valence electrons. The number of hydrogen-bond donors (Lipinski definition) is 1. The Morgan fingerprint density at radius 2 is 2.00 bits per heavy atom. The van der Waals surface area contributed by atoms with Crippen LogP contribution in [0, 0.1) is 11.7 Å². The Morgan fingerprint density at radius 3 is 2.69 bits per heavy atom. The van der Waals surface area contributed by atoms with E-state index in [4.69, 9.17) is 0 Å². The zero-order chi connectivity index (χ0) is 20.6. The Balaban J connectivity index is 1.46. The van der Waals surface area contributed by atoms with Crippen molar-refractivity contribution in [1.82, 2.24) is 15.1 Å². The Hall–Kier alpha value is -2.09. The van der Waals surface area contributed by atoms with Crippen molar-refractivity contribution >= 4 is 29.6 Å². The number of halogens is 1. The zero-order valence-electron chi connectivity index (χ0n) is 16.5. The molecule has 8 heteroatoms. The summed E-state index contributed by atoms with van der Waals surface area (Å²) in [7, 11) is 0. The molecule has 29 heavy (non-hydrogen) atoms. The minimum atomic E-state index is -0.853. The topological polar surface area (TPSA) is 69.7 Å². The molecule has 0 bridgehead atoms. The summed E-state index contributed by atoms with van der Waals surface area (Å²) in [6.45, 7) is 2.31. The Kier molecular flexibility index (Phi) is 5.55. The number of urea groups is 1. The summed E-state index contributed by atoms with van der Waals surface area (Å²) in [4.78, 5) is 41.2. The lowest BCUT2D eigenvalue weighted by Crippen LogP contribution is -2.50. The SMILES string of the molecule is CCC1CCC2(CC1)NC(=O)N(CC(=O)N1CCSC1c1ccccc1F)C2=O. The molecule has 1 aromatic carbocycles. The van der Waals surface area contributed by atoms with Gasteiger partial charge in [0.1, 0.15) is 23.3 Å². The Morgan fingerprint density at radius 1 is 1.28 bits per heavy atom. The third kappa shape index (κ3) is 3.63. The summed E-state index contributed by atoms with van der Waals surface area (Å²) in [6, 6.07) is 5.92. The van der Waals surface area contributed by atoms with Gasteiger partial charge < -0.3 is 10.2 Å². The van der Waals surface area contributed by atoms with Crippen LogP contribution >= 0.6 is 11.8 Å². The van der Waals surface area contributed by atoms with Crippen LogP contribution in [0.2, 0.25) is 0 Å². The number of amides is 4. The molecule has 1 spiro atoms. The lowest BCUT2D eigenvalue weighted by molar-refractivity contribution is -0.139. The fourth-order valence-electron chi connectivity index (χ4n) is 4.62. The van der Waals surface area contributed by atoms with Crippen LogP contribution < -0.4 is 5.32 Å². The number of imide groups is 1. The quantitative estimate of drug-likeness (QED) is 0.761. The highest BCUT2D eigenvalue weighted by molar-refractivity contribution is 7.99. The summed E-state index contributed by atoms with van der Waals surface area (Å²) in [5, 5.41) is 2.43. The second kappa shape index (κ2) is 7.97. The number of benzene rings is 1. The fraction of sp³-hybridized carbons (Fsp3) is 0.571. The maximum atomic E-state index is 14.2. The van der Waals surface area contributed by atoms with E-state index in [1.807, 2.05) is 0 Å². The van der Waals surface area contributed by atoms with Crippen LogP contribution in [0.3, 0.4) is 0 Å². The van der Waals surface area contributed by atoms with Gasteiger partial charge in [-0.15, -0.1) is 11.8 Å². The van der Waals surface area contributed by atoms with E-state index >= 15 is 0 Å². The van der Waals surface area contributed by atoms with E-state index in [1.165, 1.54) is 17.8 Å². The van der Waals surface area contributed by atoms with Crippen molar-refractivity contribution in [3.05, 3.63) is 35.6 Å². The summed E-state index contributed by atoms with van der Waals surface area (Å²) >= 11 is 1.49. The van der Waals surface area contributed by atoms with Crippen molar-refractivity contribution < 1.29 is 18.8 Å². The van der Waals surface area contributed by atoms with Crippen molar-refractivity contribution in [2.24, 2.45) is 5.92 Å². The smallest absolute Gasteiger partial charge is 0.324 e. The molecule has 4 rings (SSSR count). The van der Waals surface area contributed by atoms with Gasteiger partial charge in [-0.3, -0.25) is 14.5 Å². The Bertz CT molecular complexity index is 825. The average Bonchev–Trinajstić information content (AvgIpc) is 3.29. The molecule has 1 N–H and O–H groups in total. The minimum absolute atomic E-state index is 0.292. The molecule has 3 fully saturated rings. The zero-order valence-corrected chi connectivity index (χ0v) is 17.3. The first-order valence-electron chi connectivity index (χ1n) is 10.2. The van der Waals surface area contributed by atoms with Gasteiger partial charge in [0.25, 0.3) is 5.91 Å². The number of carbonyl (C=O) groups excluding carboxylic acids is 3. The first-order valence-corrected chi connectivity index (χ1v) is 11.3. The monoisotopic (exact) mass is 419 g/mol. The Labute approximate surface area is 174 Å². The highest BCUT2D eigenvalue weighted by Gasteiger charge is 2.53. The number of thioether (sulfide) groups is 1. The predicted octanol–water partition coefficient (Wildman–Crippen LogP) is 3.29. The highest BCUT2D eigenvalue weighted by atomic mass is 32.2. The van der Waals surface area contributed by atoms with Gasteiger partial charge in [0.15, 0.2) is 0 Å². The summed E-state index contributed by atoms with van der Waals surface area (Å²) in [5.41, 5.74) is -0.400. The van der Waals surface area contributed by atoms with E-state index in [9.17, 15) is 18.8 Å². The standard InChI is InChI=1S/C21H26FN3O3S/c1-2-14-7-9-21(10-8-14)19(27)25(20(28)23-21)13-17(26)24-11-12-29-18(24)15-5-3-4-6-16(15)22/h3-6,14,18H,2,7-13H2,1H3,(H,23,28).